The Balaban J connectivity index is 2.14. The molecule has 1 saturated heterocycles. The van der Waals surface area contributed by atoms with Gasteiger partial charge in [0, 0.05) is 39.4 Å². The van der Waals surface area contributed by atoms with E-state index in [2.05, 4.69) is 28.4 Å². The number of rotatable bonds is 0. The van der Waals surface area contributed by atoms with Crippen molar-refractivity contribution in [2.75, 3.05) is 33.2 Å². The highest BCUT2D eigenvalue weighted by atomic mass is 15.4. The van der Waals surface area contributed by atoms with Crippen molar-refractivity contribution in [3.8, 4) is 0 Å². The first-order valence-electron chi connectivity index (χ1n) is 4.27. The predicted molar refractivity (Wildman–Crippen MR) is 44.9 cm³/mol. The van der Waals surface area contributed by atoms with Gasteiger partial charge in [0.1, 0.15) is 5.82 Å². The molecule has 2 heterocycles. The maximum atomic E-state index is 3.27. The van der Waals surface area contributed by atoms with Crippen LogP contribution in [0.15, 0.2) is 12.0 Å². The fourth-order valence-corrected chi connectivity index (χ4v) is 1.76. The Morgan fingerprint density at radius 2 is 2.27 bits per heavy atom. The summed E-state index contributed by atoms with van der Waals surface area (Å²) in [5, 5.41) is 3.27. The van der Waals surface area contributed by atoms with E-state index in [1.807, 2.05) is 0 Å². The van der Waals surface area contributed by atoms with E-state index in [4.69, 9.17) is 0 Å². The lowest BCUT2D eigenvalue weighted by Gasteiger charge is -2.40. The maximum absolute atomic E-state index is 3.27. The first kappa shape index (κ1) is 6.83. The number of nitrogens with zero attached hydrogens (tertiary/aromatic N) is 2. The van der Waals surface area contributed by atoms with Crippen LogP contribution in [0.2, 0.25) is 0 Å². The minimum Gasteiger partial charge on any atom is -0.386 e. The fourth-order valence-electron chi connectivity index (χ4n) is 1.76. The Labute approximate surface area is 67.7 Å². The van der Waals surface area contributed by atoms with Gasteiger partial charge in [0.2, 0.25) is 0 Å². The van der Waals surface area contributed by atoms with Crippen molar-refractivity contribution in [2.45, 2.75) is 6.42 Å². The second kappa shape index (κ2) is 2.64. The summed E-state index contributed by atoms with van der Waals surface area (Å²) in [5.74, 6) is 1.36. The van der Waals surface area contributed by atoms with Crippen LogP contribution in [-0.2, 0) is 0 Å². The summed E-state index contributed by atoms with van der Waals surface area (Å²) in [4.78, 5) is 4.76. The fraction of sp³-hybridized carbons (Fsp3) is 0.750. The molecule has 0 aromatic rings. The molecule has 0 saturated carbocycles. The highest BCUT2D eigenvalue weighted by molar-refractivity contribution is 5.04. The molecule has 1 fully saturated rings. The maximum Gasteiger partial charge on any atom is 0.120 e. The predicted octanol–water partition coefficient (Wildman–Crippen LogP) is 0.0260. The second-order valence-electron chi connectivity index (χ2n) is 3.22. The second-order valence-corrected chi connectivity index (χ2v) is 3.22. The van der Waals surface area contributed by atoms with E-state index in [0.717, 1.165) is 13.1 Å². The molecule has 2 rings (SSSR count). The minimum atomic E-state index is 1.09. The summed E-state index contributed by atoms with van der Waals surface area (Å²) >= 11 is 0. The van der Waals surface area contributed by atoms with Crippen LogP contribution in [-0.4, -0.2) is 43.0 Å². The molecule has 2 aliphatic heterocycles. The van der Waals surface area contributed by atoms with Crippen molar-refractivity contribution in [3.63, 3.8) is 0 Å². The smallest absolute Gasteiger partial charge is 0.120 e. The Kier molecular flexibility index (Phi) is 1.64. The van der Waals surface area contributed by atoms with Gasteiger partial charge < -0.3 is 15.1 Å². The molecule has 0 amide bonds. The summed E-state index contributed by atoms with van der Waals surface area (Å²) in [7, 11) is 2.16. The lowest BCUT2D eigenvalue weighted by molar-refractivity contribution is 0.171. The lowest BCUT2D eigenvalue weighted by Crippen LogP contribution is -2.46. The van der Waals surface area contributed by atoms with E-state index < -0.39 is 0 Å². The van der Waals surface area contributed by atoms with Crippen molar-refractivity contribution in [1.82, 2.24) is 15.1 Å². The zero-order valence-electron chi connectivity index (χ0n) is 7.01. The van der Waals surface area contributed by atoms with Crippen LogP contribution < -0.4 is 5.32 Å². The van der Waals surface area contributed by atoms with Gasteiger partial charge in [-0.1, -0.05) is 0 Å². The Bertz CT molecular complexity index is 176. The van der Waals surface area contributed by atoms with Crippen LogP contribution in [0.25, 0.3) is 0 Å². The first-order chi connectivity index (χ1) is 5.38. The normalized spacial score (nSPS) is 23.9. The number of fused-ring (bicyclic) bond motifs is 1. The average Bonchev–Trinajstić information content (AvgIpc) is 2.06. The quantitative estimate of drug-likeness (QED) is 0.529. The standard InChI is InChI=1S/C8H15N3/c1-10-4-2-5-11-6-3-9-7-8(10)11/h7,9H,2-6H2,1H3. The van der Waals surface area contributed by atoms with E-state index in [1.54, 1.807) is 0 Å². The van der Waals surface area contributed by atoms with Gasteiger partial charge in [-0.2, -0.15) is 0 Å². The minimum absolute atomic E-state index is 1.09. The van der Waals surface area contributed by atoms with Gasteiger partial charge in [0.25, 0.3) is 0 Å². The van der Waals surface area contributed by atoms with E-state index in [-0.39, 0.29) is 0 Å². The van der Waals surface area contributed by atoms with Crippen LogP contribution >= 0.6 is 0 Å². The highest BCUT2D eigenvalue weighted by Gasteiger charge is 2.20. The molecular formula is C8H15N3. The molecule has 62 valence electrons. The monoisotopic (exact) mass is 153 g/mol. The van der Waals surface area contributed by atoms with Crippen LogP contribution in [0.4, 0.5) is 0 Å². The molecule has 0 bridgehead atoms. The molecule has 0 atom stereocenters. The van der Waals surface area contributed by atoms with Crippen LogP contribution in [0.3, 0.4) is 0 Å². The van der Waals surface area contributed by atoms with E-state index in [1.165, 1.54) is 25.3 Å². The van der Waals surface area contributed by atoms with Gasteiger partial charge >= 0.3 is 0 Å². The molecule has 3 heteroatoms. The molecule has 0 spiro atoms. The van der Waals surface area contributed by atoms with Crippen LogP contribution in [0, 0.1) is 0 Å². The van der Waals surface area contributed by atoms with Gasteiger partial charge in [-0.05, 0) is 6.42 Å². The molecule has 0 radical (unpaired) electrons. The van der Waals surface area contributed by atoms with Crippen molar-refractivity contribution in [3.05, 3.63) is 12.0 Å². The third kappa shape index (κ3) is 1.15. The molecule has 11 heavy (non-hydrogen) atoms. The molecule has 0 unspecified atom stereocenters. The average molecular weight is 153 g/mol. The third-order valence-corrected chi connectivity index (χ3v) is 2.39. The topological polar surface area (TPSA) is 18.5 Å². The van der Waals surface area contributed by atoms with E-state index in [0.29, 0.717) is 0 Å². The highest BCUT2D eigenvalue weighted by Crippen LogP contribution is 2.16. The first-order valence-corrected chi connectivity index (χ1v) is 4.27. The van der Waals surface area contributed by atoms with E-state index >= 15 is 0 Å². The summed E-state index contributed by atoms with van der Waals surface area (Å²) in [6, 6.07) is 0. The number of hydrogen-bond acceptors (Lipinski definition) is 3. The Morgan fingerprint density at radius 3 is 3.09 bits per heavy atom. The van der Waals surface area contributed by atoms with Crippen molar-refractivity contribution in [2.24, 2.45) is 0 Å². The van der Waals surface area contributed by atoms with Gasteiger partial charge in [-0.25, -0.2) is 0 Å². The van der Waals surface area contributed by atoms with Gasteiger partial charge in [0.15, 0.2) is 0 Å². The zero-order valence-corrected chi connectivity index (χ0v) is 7.01. The van der Waals surface area contributed by atoms with Crippen molar-refractivity contribution >= 4 is 0 Å². The molecule has 2 aliphatic rings. The summed E-state index contributed by atoms with van der Waals surface area (Å²) in [6.45, 7) is 4.69. The lowest BCUT2D eigenvalue weighted by atomic mass is 10.2. The molecule has 3 nitrogen and oxygen atoms in total. The number of hydrogen-bond donors (Lipinski definition) is 1. The zero-order chi connectivity index (χ0) is 7.68. The van der Waals surface area contributed by atoms with Crippen LogP contribution in [0.5, 0.6) is 0 Å². The van der Waals surface area contributed by atoms with Crippen molar-refractivity contribution in [1.29, 1.82) is 0 Å². The Hall–Kier alpha value is -0.860. The number of nitrogens with one attached hydrogen (secondary N) is 1. The third-order valence-electron chi connectivity index (χ3n) is 2.39. The molecule has 1 N–H and O–H groups in total. The molecule has 0 aromatic heterocycles. The largest absolute Gasteiger partial charge is 0.386 e. The van der Waals surface area contributed by atoms with Gasteiger partial charge in [-0.15, -0.1) is 0 Å². The Morgan fingerprint density at radius 1 is 1.36 bits per heavy atom. The summed E-state index contributed by atoms with van der Waals surface area (Å²) in [5.41, 5.74) is 0. The molecule has 0 aromatic carbocycles. The summed E-state index contributed by atoms with van der Waals surface area (Å²) < 4.78 is 0. The molecular weight excluding hydrogens is 138 g/mol. The van der Waals surface area contributed by atoms with E-state index in [9.17, 15) is 0 Å². The molecule has 0 aliphatic carbocycles. The SMILES string of the molecule is CN1CCCN2CCNC=C12. The van der Waals surface area contributed by atoms with Gasteiger partial charge in [0.05, 0.1) is 0 Å². The van der Waals surface area contributed by atoms with Crippen LogP contribution in [0.1, 0.15) is 6.42 Å². The summed E-state index contributed by atoms with van der Waals surface area (Å²) in [6.07, 6.45) is 3.43. The van der Waals surface area contributed by atoms with Crippen molar-refractivity contribution < 1.29 is 0 Å². The van der Waals surface area contributed by atoms with Gasteiger partial charge in [-0.3, -0.25) is 0 Å².